The summed E-state index contributed by atoms with van der Waals surface area (Å²) in [6.45, 7) is 16.9. The van der Waals surface area contributed by atoms with E-state index in [9.17, 15) is 14.7 Å². The number of carbonyl (C=O) groups is 2. The number of allylic oxidation sites excluding steroid dienone is 1. The lowest BCUT2D eigenvalue weighted by atomic mass is 9.47. The van der Waals surface area contributed by atoms with Crippen LogP contribution in [0.4, 0.5) is 0 Å². The molecule has 0 aromatic rings. The van der Waals surface area contributed by atoms with Crippen molar-refractivity contribution in [2.75, 3.05) is 20.8 Å². The van der Waals surface area contributed by atoms with E-state index in [2.05, 4.69) is 40.7 Å². The second-order valence-corrected chi connectivity index (χ2v) is 16.1. The second kappa shape index (κ2) is 21.3. The first kappa shape index (κ1) is 43.8. The van der Waals surface area contributed by atoms with Crippen molar-refractivity contribution in [1.29, 1.82) is 0 Å². The van der Waals surface area contributed by atoms with Crippen molar-refractivity contribution >= 4 is 12.3 Å². The van der Waals surface area contributed by atoms with Gasteiger partial charge in [-0.05, 0) is 91.3 Å². The largest absolute Gasteiger partial charge is 0.462 e. The fraction of sp³-hybridized carbons (Fsp3) is 0.902. The molecule has 0 radical (unpaired) electrons. The van der Waals surface area contributed by atoms with Gasteiger partial charge in [-0.25, -0.2) is 0 Å². The van der Waals surface area contributed by atoms with Crippen LogP contribution in [-0.2, 0) is 23.8 Å². The van der Waals surface area contributed by atoms with Gasteiger partial charge in [0.1, 0.15) is 12.4 Å². The van der Waals surface area contributed by atoms with Crippen molar-refractivity contribution < 1.29 is 39.1 Å². The molecular weight excluding hydrogens is 620 g/mol. The maximum absolute atomic E-state index is 12.1. The van der Waals surface area contributed by atoms with Crippen LogP contribution in [-0.4, -0.2) is 73.0 Å². The third-order valence-corrected chi connectivity index (χ3v) is 12.7. The highest BCUT2D eigenvalue weighted by molar-refractivity contribution is 5.72. The fourth-order valence-electron chi connectivity index (χ4n) is 10.4. The number of aldehydes is 1. The fourth-order valence-corrected chi connectivity index (χ4v) is 10.4. The Balaban J connectivity index is 0.000000466. The van der Waals surface area contributed by atoms with Crippen LogP contribution in [0.25, 0.3) is 0 Å². The van der Waals surface area contributed by atoms with Crippen LogP contribution < -0.4 is 0 Å². The highest BCUT2D eigenvalue weighted by Crippen LogP contribution is 2.67. The van der Waals surface area contributed by atoms with Gasteiger partial charge in [0.25, 0.3) is 0 Å². The smallest absolute Gasteiger partial charge is 0.306 e. The topological polar surface area (TPSA) is 123 Å². The zero-order chi connectivity index (χ0) is 36.8. The monoisotopic (exact) mass is 695 g/mol. The number of aliphatic hydroxyl groups is 3. The third kappa shape index (κ3) is 11.6. The summed E-state index contributed by atoms with van der Waals surface area (Å²) in [4.78, 5) is 22.7. The minimum atomic E-state index is -0.834. The second-order valence-electron chi connectivity index (χ2n) is 16.1. The minimum Gasteiger partial charge on any atom is -0.462 e. The normalized spacial score (nSPS) is 36.8. The first-order valence-corrected chi connectivity index (χ1v) is 19.7. The molecule has 4 fully saturated rings. The van der Waals surface area contributed by atoms with Crippen molar-refractivity contribution in [2.24, 2.45) is 46.3 Å². The molecule has 1 saturated heterocycles. The molecular formula is C41H74O8. The molecule has 3 N–H and O–H groups in total. The van der Waals surface area contributed by atoms with Crippen molar-refractivity contribution in [1.82, 2.24) is 0 Å². The van der Waals surface area contributed by atoms with Gasteiger partial charge in [0.05, 0.1) is 25.2 Å². The molecule has 0 aromatic heterocycles. The van der Waals surface area contributed by atoms with Crippen LogP contribution in [0.2, 0.25) is 0 Å². The molecule has 3 saturated carbocycles. The van der Waals surface area contributed by atoms with E-state index in [1.165, 1.54) is 51.4 Å². The molecule has 11 unspecified atom stereocenters. The molecule has 0 bridgehead atoms. The Bertz CT molecular complexity index is 988. The molecule has 1 aliphatic heterocycles. The van der Waals surface area contributed by atoms with Crippen LogP contribution in [0.3, 0.4) is 0 Å². The van der Waals surface area contributed by atoms with Gasteiger partial charge in [-0.2, -0.15) is 0 Å². The summed E-state index contributed by atoms with van der Waals surface area (Å²) in [6, 6.07) is 0. The van der Waals surface area contributed by atoms with E-state index in [0.717, 1.165) is 68.2 Å². The number of aliphatic hydroxyl groups excluding tert-OH is 3. The minimum absolute atomic E-state index is 0.00596. The van der Waals surface area contributed by atoms with E-state index in [0.29, 0.717) is 24.9 Å². The molecule has 49 heavy (non-hydrogen) atoms. The lowest BCUT2D eigenvalue weighted by Gasteiger charge is -2.58. The van der Waals surface area contributed by atoms with E-state index in [4.69, 9.17) is 24.4 Å². The average Bonchev–Trinajstić information content (AvgIpc) is 3.43. The number of ether oxygens (including phenoxy) is 3. The number of rotatable bonds is 11. The summed E-state index contributed by atoms with van der Waals surface area (Å²) in [6.07, 6.45) is 17.4. The SMILES string of the molecule is CC.CC(C)CCCC(C)C1CCC2C3CC=C4CC(OC(=O)CCC=O)CCC4(C)C3CCC12C.CO.COCC1CC(O)CC(O)O1. The van der Waals surface area contributed by atoms with Gasteiger partial charge in [-0.15, -0.1) is 0 Å². The summed E-state index contributed by atoms with van der Waals surface area (Å²) in [5, 5.41) is 25.2. The summed E-state index contributed by atoms with van der Waals surface area (Å²) >= 11 is 0. The molecule has 5 rings (SSSR count). The first-order valence-electron chi connectivity index (χ1n) is 19.7. The third-order valence-electron chi connectivity index (χ3n) is 12.7. The Morgan fingerprint density at radius 3 is 2.37 bits per heavy atom. The summed E-state index contributed by atoms with van der Waals surface area (Å²) in [7, 11) is 2.57. The Labute approximate surface area is 299 Å². The number of esters is 1. The van der Waals surface area contributed by atoms with Gasteiger partial charge >= 0.3 is 5.97 Å². The van der Waals surface area contributed by atoms with Crippen LogP contribution in [0, 0.1) is 46.3 Å². The molecule has 286 valence electrons. The molecule has 0 amide bonds. The van der Waals surface area contributed by atoms with Gasteiger partial charge in [0, 0.05) is 39.9 Å². The Morgan fingerprint density at radius 1 is 1.02 bits per heavy atom. The molecule has 0 spiro atoms. The van der Waals surface area contributed by atoms with Crippen molar-refractivity contribution in [3.63, 3.8) is 0 Å². The predicted octanol–water partition coefficient (Wildman–Crippen LogP) is 8.04. The number of fused-ring (bicyclic) bond motifs is 5. The van der Waals surface area contributed by atoms with Crippen molar-refractivity contribution in [3.05, 3.63) is 11.6 Å². The highest BCUT2D eigenvalue weighted by Gasteiger charge is 2.59. The van der Waals surface area contributed by atoms with E-state index in [1.807, 2.05) is 13.8 Å². The Kier molecular flexibility index (Phi) is 19.0. The molecule has 1 heterocycles. The quantitative estimate of drug-likeness (QED) is 0.113. The van der Waals surface area contributed by atoms with Gasteiger partial charge in [0.2, 0.25) is 0 Å². The van der Waals surface area contributed by atoms with Crippen LogP contribution in [0.1, 0.15) is 145 Å². The maximum Gasteiger partial charge on any atom is 0.306 e. The molecule has 5 aliphatic rings. The number of hydrogen-bond donors (Lipinski definition) is 3. The Hall–Kier alpha value is -1.32. The summed E-state index contributed by atoms with van der Waals surface area (Å²) in [5.41, 5.74) is 2.39. The standard InChI is InChI=1S/C31H50O3.C7H14O4.C2H6.CH4O/c1-21(2)8-6-9-22(3)26-13-14-27-25-12-11-23-20-24(34-29(33)10-7-19-32)15-17-30(23,4)28(25)16-18-31(26,27)5;1-10-4-6-2-5(8)3-7(9)11-6;2*1-2/h11,19,21-22,24-28H,6-10,12-18,20H2,1-5H3;5-9H,2-4H2,1H3;1-2H3;2H,1H3. The van der Waals surface area contributed by atoms with Gasteiger partial charge in [0.15, 0.2) is 6.29 Å². The van der Waals surface area contributed by atoms with Crippen molar-refractivity contribution in [2.45, 2.75) is 169 Å². The van der Waals surface area contributed by atoms with E-state index in [-0.39, 0.29) is 36.4 Å². The molecule has 11 atom stereocenters. The Morgan fingerprint density at radius 2 is 1.73 bits per heavy atom. The number of hydrogen-bond acceptors (Lipinski definition) is 8. The first-order chi connectivity index (χ1) is 23.4. The molecule has 8 nitrogen and oxygen atoms in total. The lowest BCUT2D eigenvalue weighted by Crippen LogP contribution is -2.51. The molecule has 0 aromatic carbocycles. The van der Waals surface area contributed by atoms with E-state index < -0.39 is 12.4 Å². The summed E-state index contributed by atoms with van der Waals surface area (Å²) < 4.78 is 15.7. The zero-order valence-electron chi connectivity index (χ0n) is 32.6. The zero-order valence-corrected chi connectivity index (χ0v) is 32.6. The average molecular weight is 695 g/mol. The highest BCUT2D eigenvalue weighted by atomic mass is 16.6. The van der Waals surface area contributed by atoms with E-state index >= 15 is 0 Å². The van der Waals surface area contributed by atoms with Gasteiger partial charge in [-0.3, -0.25) is 4.79 Å². The molecule has 4 aliphatic carbocycles. The van der Waals surface area contributed by atoms with Crippen LogP contribution in [0.15, 0.2) is 11.6 Å². The van der Waals surface area contributed by atoms with Crippen LogP contribution >= 0.6 is 0 Å². The lowest BCUT2D eigenvalue weighted by molar-refractivity contribution is -0.199. The number of methoxy groups -OCH3 is 1. The molecule has 8 heteroatoms. The number of carbonyl (C=O) groups excluding carboxylic acids is 2. The maximum atomic E-state index is 12.1. The summed E-state index contributed by atoms with van der Waals surface area (Å²) in [5.74, 6) is 4.92. The predicted molar refractivity (Wildman–Crippen MR) is 196 cm³/mol. The van der Waals surface area contributed by atoms with Crippen molar-refractivity contribution in [3.8, 4) is 0 Å². The van der Waals surface area contributed by atoms with E-state index in [1.54, 1.807) is 12.7 Å². The van der Waals surface area contributed by atoms with Crippen LogP contribution in [0.5, 0.6) is 0 Å². The van der Waals surface area contributed by atoms with Gasteiger partial charge < -0.3 is 34.3 Å². The van der Waals surface area contributed by atoms with Gasteiger partial charge in [-0.1, -0.05) is 79.4 Å².